The smallest absolute Gasteiger partial charge is 0.244 e. The summed E-state index contributed by atoms with van der Waals surface area (Å²) in [7, 11) is 0. The third kappa shape index (κ3) is 51.5. The molecule has 2 fully saturated rings. The number of halogens is 14. The van der Waals surface area contributed by atoms with Crippen LogP contribution in [0, 0.1) is 109 Å². The minimum atomic E-state index is -4.10. The van der Waals surface area contributed by atoms with Crippen LogP contribution in [-0.4, -0.2) is 57.7 Å². The molecule has 0 radical (unpaired) electrons. The molecule has 2 rings (SSSR count). The second-order valence-corrected chi connectivity index (χ2v) is 43.5. The zero-order valence-corrected chi connectivity index (χ0v) is 86.8. The third-order valence-corrected chi connectivity index (χ3v) is 28.6. The lowest BCUT2D eigenvalue weighted by Gasteiger charge is -2.51. The molecule has 0 amide bonds. The van der Waals surface area contributed by atoms with Gasteiger partial charge in [0.2, 0.25) is 0 Å². The first-order valence-electron chi connectivity index (χ1n) is 47.1. The van der Waals surface area contributed by atoms with Crippen molar-refractivity contribution in [2.75, 3.05) is 0 Å². The van der Waals surface area contributed by atoms with Crippen molar-refractivity contribution >= 4 is 0 Å². The maximum Gasteiger partial charge on any atom is 0.394 e. The summed E-state index contributed by atoms with van der Waals surface area (Å²) in [6.07, 6.45) is 12.1. The van der Waals surface area contributed by atoms with Gasteiger partial charge in [0.25, 0.3) is 0 Å². The van der Waals surface area contributed by atoms with E-state index >= 15 is 8.78 Å². The molecule has 116 heavy (non-hydrogen) atoms. The van der Waals surface area contributed by atoms with Gasteiger partial charge in [-0.15, -0.1) is 0 Å². The van der Waals surface area contributed by atoms with Gasteiger partial charge in [-0.1, -0.05) is 342 Å². The summed E-state index contributed by atoms with van der Waals surface area (Å²) in [4.78, 5) is 0. The molecule has 0 aromatic carbocycles. The highest BCUT2D eigenvalue weighted by molar-refractivity contribution is 5.03. The maximum atomic E-state index is 15.4. The Labute approximate surface area is 718 Å². The van der Waals surface area contributed by atoms with E-state index in [9.17, 15) is 52.7 Å². The molecule has 0 saturated heterocycles. The lowest BCUT2D eigenvalue weighted by molar-refractivity contribution is -0.248. The second kappa shape index (κ2) is 58.3. The third-order valence-electron chi connectivity index (χ3n) is 28.6. The van der Waals surface area contributed by atoms with Gasteiger partial charge in [0, 0.05) is 10.8 Å². The van der Waals surface area contributed by atoms with Crippen molar-refractivity contribution < 1.29 is 61.5 Å². The molecule has 0 N–H and O–H groups in total. The predicted octanol–water partition coefficient (Wildman–Crippen LogP) is 39.9. The molecule has 2 aliphatic rings. The van der Waals surface area contributed by atoms with E-state index in [1.807, 2.05) is 76.2 Å². The van der Waals surface area contributed by atoms with Crippen LogP contribution in [0.2, 0.25) is 0 Å². The van der Waals surface area contributed by atoms with E-state index in [-0.39, 0.29) is 76.9 Å². The summed E-state index contributed by atoms with van der Waals surface area (Å²) in [6, 6.07) is 0. The SMILES string of the molecule is CC(C)(C)C.CC(C)C(C(C)C)C(C)(F)C(C(C)C)C(C)C.CC(C)C(C)(C(C)C)C(F)(F)F.CC(C)C(C)(F)C(C)C.CC1(C)CCC(C)(F)CC1.CC1(F)CCCCC1.CCC(C)(CC)C(C)(F)C(C)(CC)CC.CCC(C)(CC)C(F)(F)F.CCC(C)(F)C(C)C.CCC(CC)C(C)(F)C(CC)CC.CCCC(C)(F)CCC. The lowest BCUT2D eigenvalue weighted by atomic mass is 9.57. The first-order valence-corrected chi connectivity index (χ1v) is 47.1. The Morgan fingerprint density at radius 3 is 0.647 bits per heavy atom. The Bertz CT molecular complexity index is 2140. The Kier molecular flexibility index (Phi) is 66.9. The average molecular weight is 1700 g/mol. The second-order valence-electron chi connectivity index (χ2n) is 43.5. The molecule has 0 aliphatic heterocycles. The van der Waals surface area contributed by atoms with Crippen LogP contribution in [0.15, 0.2) is 0 Å². The van der Waals surface area contributed by atoms with Crippen LogP contribution in [0.25, 0.3) is 0 Å². The van der Waals surface area contributed by atoms with Crippen molar-refractivity contribution in [1.29, 1.82) is 0 Å². The normalized spacial score (nSPS) is 16.3. The Morgan fingerprint density at radius 2 is 0.534 bits per heavy atom. The van der Waals surface area contributed by atoms with Crippen LogP contribution in [0.5, 0.6) is 0 Å². The highest BCUT2D eigenvalue weighted by Gasteiger charge is 2.56. The van der Waals surface area contributed by atoms with E-state index in [0.717, 1.165) is 116 Å². The predicted molar refractivity (Wildman–Crippen MR) is 492 cm³/mol. The summed E-state index contributed by atoms with van der Waals surface area (Å²) in [5.41, 5.74) is -10.2. The molecule has 1 atom stereocenters. The van der Waals surface area contributed by atoms with Gasteiger partial charge in [0.05, 0.1) is 10.8 Å². The number of alkyl halides is 14. The molecule has 14 heteroatoms. The number of hydrogen-bond acceptors (Lipinski definition) is 0. The average Bonchev–Trinajstić information content (AvgIpc) is 0.772. The fraction of sp³-hybridized carbons (Fsp3) is 1.00. The van der Waals surface area contributed by atoms with Crippen LogP contribution in [0.1, 0.15) is 493 Å². The highest BCUT2D eigenvalue weighted by Crippen LogP contribution is 2.55. The molecule has 0 bridgehead atoms. The largest absolute Gasteiger partial charge is 0.394 e. The summed E-state index contributed by atoms with van der Waals surface area (Å²) < 4.78 is 185. The van der Waals surface area contributed by atoms with Crippen molar-refractivity contribution in [3.05, 3.63) is 0 Å². The Morgan fingerprint density at radius 1 is 0.284 bits per heavy atom. The van der Waals surface area contributed by atoms with E-state index in [2.05, 4.69) is 166 Å². The van der Waals surface area contributed by atoms with Crippen molar-refractivity contribution in [2.24, 2.45) is 109 Å². The molecule has 0 heterocycles. The molecular formula is C102H208F14. The Balaban J connectivity index is -0.000000157. The number of rotatable bonds is 30. The standard InChI is InChI=1S/C16H33F.C14H29F.C12H25F.C9H17F3.C9H17F.2C8H17F.C7H13F3.C7H13F.C7H15F.C5H12/c1-10(2)14(11(3)4)16(9,17)15(12(5)6)13(7)8;1-8-12(5,9-2)14(7,15)13(6,10-3)11-4;1-6-10(7-2)12(5,13)11(8-3)9-4;1-6(2)8(5,7(3)4)9(10,11)12;1-8(2)4-6-9(3,10)7-5-8;1-6(2)8(5,9)7(3)4;1-4-6-8(3,9)7-5-2;1-4-6(3,5-2)7(8,9)10;1-7(8)5-3-2-4-6-7;1-5-7(4,8)6(2)3;1-5(2,3)4/h10-15H,1-9H3;8-11H2,1-7H3;10-11H,6-9H2,1-5H3;6-7H,1-5H3;4-7H2,1-3H3;6-7H,1-5H3;4-7H2,1-3H3;4-5H2,1-3H3;2-6H2,1H3;6H,5H2,1-4H3;1-4H3. The summed E-state index contributed by atoms with van der Waals surface area (Å²) in [5.74, 6) is 1.95. The van der Waals surface area contributed by atoms with Gasteiger partial charge in [-0.3, -0.25) is 0 Å². The lowest BCUT2D eigenvalue weighted by Crippen LogP contribution is -2.51. The van der Waals surface area contributed by atoms with Crippen molar-refractivity contribution in [3.8, 4) is 0 Å². The minimum absolute atomic E-state index is 0.123. The van der Waals surface area contributed by atoms with Crippen LogP contribution in [0.4, 0.5) is 61.5 Å². The van der Waals surface area contributed by atoms with Gasteiger partial charge in [0.1, 0.15) is 45.4 Å². The minimum Gasteiger partial charge on any atom is -0.244 e. The van der Waals surface area contributed by atoms with E-state index < -0.39 is 68.5 Å². The van der Waals surface area contributed by atoms with Crippen LogP contribution in [0.3, 0.4) is 0 Å². The van der Waals surface area contributed by atoms with E-state index in [4.69, 9.17) is 0 Å². The molecule has 0 aromatic heterocycles. The Hall–Kier alpha value is -0.980. The zero-order chi connectivity index (χ0) is 95.5. The van der Waals surface area contributed by atoms with E-state index in [1.165, 1.54) is 20.3 Å². The maximum absolute atomic E-state index is 15.4. The van der Waals surface area contributed by atoms with Crippen LogP contribution in [-0.2, 0) is 0 Å². The molecule has 2 saturated carbocycles. The zero-order valence-electron chi connectivity index (χ0n) is 86.8. The monoisotopic (exact) mass is 1700 g/mol. The molecule has 0 nitrogen and oxygen atoms in total. The fourth-order valence-electron chi connectivity index (χ4n) is 16.4. The highest BCUT2D eigenvalue weighted by atomic mass is 19.4. The molecule has 0 spiro atoms. The van der Waals surface area contributed by atoms with Crippen molar-refractivity contribution in [2.45, 2.75) is 551 Å². The first-order chi connectivity index (χ1) is 51.5. The molecule has 0 aromatic rings. The molecule has 2 aliphatic carbocycles. The summed E-state index contributed by atoms with van der Waals surface area (Å²) in [6.45, 7) is 94.8. The molecular weight excluding hydrogens is 1490 g/mol. The quantitative estimate of drug-likeness (QED) is 0.0629. The summed E-state index contributed by atoms with van der Waals surface area (Å²) in [5, 5.41) is 0. The van der Waals surface area contributed by atoms with Crippen molar-refractivity contribution in [3.63, 3.8) is 0 Å². The topological polar surface area (TPSA) is 0 Å². The van der Waals surface area contributed by atoms with Gasteiger partial charge in [-0.05, 0) is 239 Å². The van der Waals surface area contributed by atoms with Crippen molar-refractivity contribution in [1.82, 2.24) is 0 Å². The molecule has 1 unspecified atom stereocenters. The summed E-state index contributed by atoms with van der Waals surface area (Å²) >= 11 is 0. The van der Waals surface area contributed by atoms with Gasteiger partial charge in [-0.2, -0.15) is 26.3 Å². The molecule has 714 valence electrons. The fourth-order valence-corrected chi connectivity index (χ4v) is 16.4. The van der Waals surface area contributed by atoms with Crippen LogP contribution < -0.4 is 0 Å². The number of hydrogen-bond donors (Lipinski definition) is 0. The van der Waals surface area contributed by atoms with E-state index in [0.29, 0.717) is 53.8 Å². The first kappa shape index (κ1) is 133. The van der Waals surface area contributed by atoms with Gasteiger partial charge < -0.3 is 0 Å². The van der Waals surface area contributed by atoms with Gasteiger partial charge >= 0.3 is 12.4 Å². The van der Waals surface area contributed by atoms with Gasteiger partial charge in [0.15, 0.2) is 0 Å². The van der Waals surface area contributed by atoms with Gasteiger partial charge in [-0.25, -0.2) is 35.1 Å². The van der Waals surface area contributed by atoms with E-state index in [1.54, 1.807) is 83.1 Å². The van der Waals surface area contributed by atoms with Crippen LogP contribution >= 0.6 is 0 Å².